The lowest BCUT2D eigenvalue weighted by molar-refractivity contribution is -0.0365. The molecule has 2 atom stereocenters. The van der Waals surface area contributed by atoms with Gasteiger partial charge >= 0.3 is 0 Å². The van der Waals surface area contributed by atoms with Crippen LogP contribution in [0, 0.1) is 17.3 Å². The highest BCUT2D eigenvalue weighted by Gasteiger charge is 2.56. The quantitative estimate of drug-likeness (QED) is 0.417. The first-order chi connectivity index (χ1) is 12.0. The maximum absolute atomic E-state index is 6.92. The van der Waals surface area contributed by atoms with Crippen LogP contribution in [0.15, 0.2) is 0 Å². The average Bonchev–Trinajstić information content (AvgIpc) is 2.56. The Balaban J connectivity index is 1.16. The third-order valence-electron chi connectivity index (χ3n) is 6.78. The molecule has 4 bridgehead atoms. The van der Waals surface area contributed by atoms with Crippen molar-refractivity contribution in [2.45, 2.75) is 49.8 Å². The number of ether oxygens (including phenoxy) is 1. The van der Waals surface area contributed by atoms with Crippen LogP contribution in [0.25, 0.3) is 0 Å². The summed E-state index contributed by atoms with van der Waals surface area (Å²) in [6.45, 7) is 6.95. The second-order valence-corrected chi connectivity index (χ2v) is 10.2. The zero-order valence-corrected chi connectivity index (χ0v) is 16.8. The number of hydrogen-bond acceptors (Lipinski definition) is 3. The summed E-state index contributed by atoms with van der Waals surface area (Å²) in [5.41, 5.74) is 0.394. The van der Waals surface area contributed by atoms with E-state index in [0.29, 0.717) is 5.41 Å². The van der Waals surface area contributed by atoms with E-state index in [4.69, 9.17) is 28.6 Å². The lowest BCUT2D eigenvalue weighted by Crippen LogP contribution is -2.57. The van der Waals surface area contributed by atoms with E-state index in [-0.39, 0.29) is 4.87 Å². The second-order valence-electron chi connectivity index (χ2n) is 9.03. The molecule has 142 valence electrons. The Bertz CT molecular complexity index is 483. The summed E-state index contributed by atoms with van der Waals surface area (Å²) in [5, 5.41) is 7.74. The summed E-state index contributed by atoms with van der Waals surface area (Å²) < 4.78 is 5.39. The minimum Gasteiger partial charge on any atom is -0.379 e. The van der Waals surface area contributed by atoms with E-state index in [2.05, 4.69) is 15.5 Å². The summed E-state index contributed by atoms with van der Waals surface area (Å²) in [7, 11) is 0. The smallest absolute Gasteiger partial charge is 0.166 e. The lowest BCUT2D eigenvalue weighted by atomic mass is 9.49. The fourth-order valence-corrected chi connectivity index (χ4v) is 7.10. The summed E-state index contributed by atoms with van der Waals surface area (Å²) in [5.74, 6) is 1.71. The molecule has 0 radical (unpaired) electrons. The van der Waals surface area contributed by atoms with Crippen LogP contribution < -0.4 is 10.6 Å². The molecule has 5 rings (SSSR count). The number of thiocarbonyl (C=S) groups is 1. The van der Waals surface area contributed by atoms with E-state index >= 15 is 0 Å². The number of hydrogen-bond donors (Lipinski definition) is 2. The fourth-order valence-electron chi connectivity index (χ4n) is 6.20. The molecule has 5 fully saturated rings. The van der Waals surface area contributed by atoms with Gasteiger partial charge in [-0.05, 0) is 81.0 Å². The van der Waals surface area contributed by atoms with E-state index in [9.17, 15) is 0 Å². The van der Waals surface area contributed by atoms with Crippen molar-refractivity contribution >= 4 is 28.9 Å². The van der Waals surface area contributed by atoms with E-state index < -0.39 is 0 Å². The van der Waals surface area contributed by atoms with Crippen molar-refractivity contribution < 1.29 is 4.74 Å². The van der Waals surface area contributed by atoms with Crippen LogP contribution in [0.2, 0.25) is 0 Å². The van der Waals surface area contributed by atoms with Gasteiger partial charge in [-0.3, -0.25) is 4.90 Å². The molecule has 1 aliphatic heterocycles. The second kappa shape index (κ2) is 7.49. The Morgan fingerprint density at radius 1 is 1.12 bits per heavy atom. The predicted molar refractivity (Wildman–Crippen MR) is 106 cm³/mol. The maximum atomic E-state index is 6.92. The normalized spacial score (nSPS) is 40.2. The SMILES string of the molecule is S=C(NCCCN1CCOCC1)NCC12C[C@H]3C[C@@H](CC(Cl)(C3)C1)C2. The monoisotopic (exact) mass is 385 g/mol. The number of alkyl halides is 1. The van der Waals surface area contributed by atoms with Crippen LogP contribution >= 0.6 is 23.8 Å². The third kappa shape index (κ3) is 4.42. The molecular weight excluding hydrogens is 354 g/mol. The van der Waals surface area contributed by atoms with Crippen molar-refractivity contribution in [1.82, 2.24) is 15.5 Å². The summed E-state index contributed by atoms with van der Waals surface area (Å²) in [6.07, 6.45) is 8.92. The van der Waals surface area contributed by atoms with Crippen LogP contribution in [0.1, 0.15) is 44.9 Å². The third-order valence-corrected chi connectivity index (χ3v) is 7.51. The number of nitrogens with zero attached hydrogens (tertiary/aromatic N) is 1. The van der Waals surface area contributed by atoms with Crippen LogP contribution in [-0.4, -0.2) is 60.8 Å². The van der Waals surface area contributed by atoms with E-state index in [1.54, 1.807) is 0 Å². The van der Waals surface area contributed by atoms with Gasteiger partial charge in [-0.2, -0.15) is 0 Å². The molecule has 6 heteroatoms. The lowest BCUT2D eigenvalue weighted by Gasteiger charge is -2.60. The molecule has 2 N–H and O–H groups in total. The average molecular weight is 386 g/mol. The Morgan fingerprint density at radius 2 is 1.84 bits per heavy atom. The molecule has 0 unspecified atom stereocenters. The number of halogens is 1. The van der Waals surface area contributed by atoms with Crippen molar-refractivity contribution in [1.29, 1.82) is 0 Å². The van der Waals surface area contributed by atoms with Gasteiger partial charge in [-0.1, -0.05) is 0 Å². The van der Waals surface area contributed by atoms with E-state index in [1.807, 2.05) is 0 Å². The maximum Gasteiger partial charge on any atom is 0.166 e. The van der Waals surface area contributed by atoms with Crippen LogP contribution in [0.3, 0.4) is 0 Å². The summed E-state index contributed by atoms with van der Waals surface area (Å²) in [4.78, 5) is 2.57. The van der Waals surface area contributed by atoms with Gasteiger partial charge in [0.05, 0.1) is 13.2 Å². The van der Waals surface area contributed by atoms with Crippen molar-refractivity contribution in [3.8, 4) is 0 Å². The molecule has 0 aromatic heterocycles. The van der Waals surface area contributed by atoms with Gasteiger partial charge in [0.2, 0.25) is 0 Å². The van der Waals surface area contributed by atoms with Crippen molar-refractivity contribution in [3.05, 3.63) is 0 Å². The first-order valence-electron chi connectivity index (χ1n) is 10.1. The fraction of sp³-hybridized carbons (Fsp3) is 0.947. The molecule has 1 saturated heterocycles. The molecule has 0 aromatic carbocycles. The zero-order valence-electron chi connectivity index (χ0n) is 15.2. The summed E-state index contributed by atoms with van der Waals surface area (Å²) >= 11 is 12.4. The Labute approximate surface area is 162 Å². The van der Waals surface area contributed by atoms with Gasteiger partial charge in [0, 0.05) is 31.1 Å². The predicted octanol–water partition coefficient (Wildman–Crippen LogP) is 2.75. The van der Waals surface area contributed by atoms with Gasteiger partial charge in [-0.25, -0.2) is 0 Å². The van der Waals surface area contributed by atoms with Crippen LogP contribution in [0.4, 0.5) is 0 Å². The first-order valence-corrected chi connectivity index (χ1v) is 10.8. The Hall–Kier alpha value is -0.100. The standard InChI is InChI=1S/C19H32ClN3OS/c20-19-11-15-8-16(12-19)10-18(9-15,13-19)14-22-17(25)21-2-1-3-23-4-6-24-7-5-23/h15-16H,1-14H2,(H2,21,22,25)/t15-,16-,18?,19?/m1/s1. The topological polar surface area (TPSA) is 36.5 Å². The van der Waals surface area contributed by atoms with E-state index in [0.717, 1.165) is 69.3 Å². The highest BCUT2D eigenvalue weighted by atomic mass is 35.5. The zero-order chi connectivity index (χ0) is 17.3. The van der Waals surface area contributed by atoms with Crippen LogP contribution in [0.5, 0.6) is 0 Å². The Kier molecular flexibility index (Phi) is 5.48. The number of morpholine rings is 1. The molecular formula is C19H32ClN3OS. The van der Waals surface area contributed by atoms with Gasteiger partial charge in [-0.15, -0.1) is 11.6 Å². The highest BCUT2D eigenvalue weighted by molar-refractivity contribution is 7.80. The molecule has 25 heavy (non-hydrogen) atoms. The van der Waals surface area contributed by atoms with Gasteiger partial charge < -0.3 is 15.4 Å². The molecule has 0 aromatic rings. The summed E-state index contributed by atoms with van der Waals surface area (Å²) in [6, 6.07) is 0. The molecule has 5 aliphatic rings. The minimum absolute atomic E-state index is 0.0962. The number of nitrogens with one attached hydrogen (secondary N) is 2. The van der Waals surface area contributed by atoms with Crippen molar-refractivity contribution in [2.24, 2.45) is 17.3 Å². The van der Waals surface area contributed by atoms with Gasteiger partial charge in [0.15, 0.2) is 5.11 Å². The molecule has 4 nitrogen and oxygen atoms in total. The van der Waals surface area contributed by atoms with E-state index in [1.165, 1.54) is 38.5 Å². The van der Waals surface area contributed by atoms with Gasteiger partial charge in [0.25, 0.3) is 0 Å². The number of rotatable bonds is 6. The minimum atomic E-state index is 0.0962. The van der Waals surface area contributed by atoms with Gasteiger partial charge in [0.1, 0.15) is 0 Å². The molecule has 1 heterocycles. The van der Waals surface area contributed by atoms with Crippen molar-refractivity contribution in [2.75, 3.05) is 45.9 Å². The highest BCUT2D eigenvalue weighted by Crippen LogP contribution is 2.63. The first kappa shape index (κ1) is 18.3. The Morgan fingerprint density at radius 3 is 2.52 bits per heavy atom. The molecule has 0 amide bonds. The van der Waals surface area contributed by atoms with Crippen LogP contribution in [-0.2, 0) is 4.74 Å². The molecule has 0 spiro atoms. The largest absolute Gasteiger partial charge is 0.379 e. The molecule has 4 saturated carbocycles. The van der Waals surface area contributed by atoms with Crippen molar-refractivity contribution in [3.63, 3.8) is 0 Å². The molecule has 4 aliphatic carbocycles.